The van der Waals surface area contributed by atoms with Crippen LogP contribution in [0.5, 0.6) is 0 Å². The molecule has 132 valence electrons. The molecule has 25 heavy (non-hydrogen) atoms. The van der Waals surface area contributed by atoms with Crippen LogP contribution in [0.25, 0.3) is 11.2 Å². The summed E-state index contributed by atoms with van der Waals surface area (Å²) >= 11 is 0. The van der Waals surface area contributed by atoms with Crippen molar-refractivity contribution in [1.82, 2.24) is 25.2 Å². The van der Waals surface area contributed by atoms with E-state index < -0.39 is 6.04 Å². The first kappa shape index (κ1) is 16.1. The number of nitrogens with zero attached hydrogens (tertiary/aromatic N) is 3. The summed E-state index contributed by atoms with van der Waals surface area (Å²) in [7, 11) is 0. The minimum absolute atomic E-state index is 0.0161. The molecule has 2 aromatic rings. The number of aromatic nitrogens is 3. The fraction of sp³-hybridized carbons (Fsp3) is 0.556. The van der Waals surface area contributed by atoms with E-state index in [-0.39, 0.29) is 11.8 Å². The number of hydrogen-bond acceptors (Lipinski definition) is 4. The van der Waals surface area contributed by atoms with Gasteiger partial charge in [0.2, 0.25) is 5.91 Å². The van der Waals surface area contributed by atoms with Gasteiger partial charge < -0.3 is 15.2 Å². The van der Waals surface area contributed by atoms with Gasteiger partial charge >= 0.3 is 0 Å². The largest absolute Gasteiger partial charge is 0.344 e. The number of fused-ring (bicyclic) bond motifs is 1. The van der Waals surface area contributed by atoms with E-state index in [0.717, 1.165) is 44.5 Å². The lowest BCUT2D eigenvalue weighted by molar-refractivity contribution is -0.133. The second-order valence-corrected chi connectivity index (χ2v) is 7.05. The zero-order valence-corrected chi connectivity index (χ0v) is 14.4. The van der Waals surface area contributed by atoms with Gasteiger partial charge in [-0.1, -0.05) is 0 Å². The van der Waals surface area contributed by atoms with E-state index in [2.05, 4.69) is 20.3 Å². The van der Waals surface area contributed by atoms with Gasteiger partial charge in [0.1, 0.15) is 11.6 Å². The van der Waals surface area contributed by atoms with E-state index in [0.29, 0.717) is 22.6 Å². The van der Waals surface area contributed by atoms with Gasteiger partial charge in [-0.15, -0.1) is 0 Å². The lowest BCUT2D eigenvalue weighted by atomic mass is 10.1. The molecular formula is C18H23N5O2. The molecule has 2 amide bonds. The maximum atomic E-state index is 12.6. The smallest absolute Gasteiger partial charge is 0.255 e. The summed E-state index contributed by atoms with van der Waals surface area (Å²) in [5, 5.41) is 2.82. The third kappa shape index (κ3) is 3.23. The van der Waals surface area contributed by atoms with Gasteiger partial charge in [0.05, 0.1) is 17.5 Å². The van der Waals surface area contributed by atoms with Gasteiger partial charge in [-0.05, 0) is 39.0 Å². The number of nitrogens with one attached hydrogen (secondary N) is 2. The van der Waals surface area contributed by atoms with Gasteiger partial charge in [0.15, 0.2) is 5.65 Å². The quantitative estimate of drug-likeness (QED) is 0.889. The first-order valence-corrected chi connectivity index (χ1v) is 9.07. The van der Waals surface area contributed by atoms with Crippen LogP contribution in [0, 0.1) is 0 Å². The first-order chi connectivity index (χ1) is 12.1. The highest BCUT2D eigenvalue weighted by atomic mass is 16.2. The van der Waals surface area contributed by atoms with E-state index in [9.17, 15) is 9.59 Å². The number of carbonyl (C=O) groups is 2. The molecule has 0 radical (unpaired) electrons. The molecule has 7 heteroatoms. The van der Waals surface area contributed by atoms with E-state index >= 15 is 0 Å². The van der Waals surface area contributed by atoms with Gasteiger partial charge in [-0.25, -0.2) is 9.97 Å². The topological polar surface area (TPSA) is 91.0 Å². The highest BCUT2D eigenvalue weighted by molar-refractivity contribution is 6.05. The van der Waals surface area contributed by atoms with Crippen LogP contribution in [-0.2, 0) is 4.79 Å². The molecule has 1 saturated heterocycles. The second-order valence-electron chi connectivity index (χ2n) is 7.05. The Hall–Kier alpha value is -2.44. The minimum atomic E-state index is -0.546. The Morgan fingerprint density at radius 1 is 1.28 bits per heavy atom. The SMILES string of the molecule is C[C@H](NC(=O)c1c[nH]c2ncc(C3CC3)nc12)C(=O)N1CCCCC1. The summed E-state index contributed by atoms with van der Waals surface area (Å²) in [5.74, 6) is 0.173. The number of rotatable bonds is 4. The Morgan fingerprint density at radius 3 is 2.76 bits per heavy atom. The van der Waals surface area contributed by atoms with Crippen molar-refractivity contribution in [2.24, 2.45) is 0 Å². The van der Waals surface area contributed by atoms with Crippen molar-refractivity contribution in [3.63, 3.8) is 0 Å². The standard InChI is InChI=1S/C18H23N5O2/c1-11(18(25)23-7-3-2-4-8-23)21-17(24)13-9-19-16-15(13)22-14(10-20-16)12-5-6-12/h9-12H,2-8H2,1H3,(H,19,20)(H,21,24)/t11-/m0/s1. The van der Waals surface area contributed by atoms with Crippen molar-refractivity contribution in [3.8, 4) is 0 Å². The fourth-order valence-electron chi connectivity index (χ4n) is 3.38. The Labute approximate surface area is 146 Å². The van der Waals surface area contributed by atoms with E-state index in [1.165, 1.54) is 6.42 Å². The third-order valence-electron chi connectivity index (χ3n) is 5.03. The summed E-state index contributed by atoms with van der Waals surface area (Å²) < 4.78 is 0. The summed E-state index contributed by atoms with van der Waals surface area (Å²) in [4.78, 5) is 38.9. The molecule has 7 nitrogen and oxygen atoms in total. The first-order valence-electron chi connectivity index (χ1n) is 9.07. The molecule has 0 unspecified atom stereocenters. The summed E-state index contributed by atoms with van der Waals surface area (Å²) in [6.07, 6.45) is 8.90. The van der Waals surface area contributed by atoms with Crippen molar-refractivity contribution in [2.75, 3.05) is 13.1 Å². The zero-order chi connectivity index (χ0) is 17.4. The molecule has 0 aromatic carbocycles. The van der Waals surface area contributed by atoms with Crippen LogP contribution < -0.4 is 5.32 Å². The maximum Gasteiger partial charge on any atom is 0.255 e. The molecule has 1 aliphatic carbocycles. The predicted molar refractivity (Wildman–Crippen MR) is 93.2 cm³/mol. The molecular weight excluding hydrogens is 318 g/mol. The monoisotopic (exact) mass is 341 g/mol. The molecule has 1 aliphatic heterocycles. The van der Waals surface area contributed by atoms with Crippen molar-refractivity contribution in [2.45, 2.75) is 51.0 Å². The lowest BCUT2D eigenvalue weighted by Gasteiger charge is -2.29. The van der Waals surface area contributed by atoms with Gasteiger partial charge in [0.25, 0.3) is 5.91 Å². The molecule has 0 spiro atoms. The number of aromatic amines is 1. The Kier molecular flexibility index (Phi) is 4.15. The summed E-state index contributed by atoms with van der Waals surface area (Å²) in [6, 6.07) is -0.546. The number of H-pyrrole nitrogens is 1. The van der Waals surface area contributed by atoms with Crippen LogP contribution in [0.3, 0.4) is 0 Å². The van der Waals surface area contributed by atoms with Gasteiger partial charge in [-0.3, -0.25) is 9.59 Å². The number of amides is 2. The lowest BCUT2D eigenvalue weighted by Crippen LogP contribution is -2.48. The van der Waals surface area contributed by atoms with E-state index in [1.54, 1.807) is 19.3 Å². The molecule has 1 saturated carbocycles. The Balaban J connectivity index is 1.49. The summed E-state index contributed by atoms with van der Waals surface area (Å²) in [5.41, 5.74) is 2.57. The van der Waals surface area contributed by atoms with Crippen LogP contribution in [0.15, 0.2) is 12.4 Å². The molecule has 2 fully saturated rings. The zero-order valence-electron chi connectivity index (χ0n) is 14.4. The van der Waals surface area contributed by atoms with Crippen molar-refractivity contribution in [1.29, 1.82) is 0 Å². The normalized spacial score (nSPS) is 19.0. The minimum Gasteiger partial charge on any atom is -0.344 e. The van der Waals surface area contributed by atoms with Crippen LogP contribution in [0.1, 0.15) is 61.0 Å². The highest BCUT2D eigenvalue weighted by Crippen LogP contribution is 2.39. The molecule has 0 bridgehead atoms. The highest BCUT2D eigenvalue weighted by Gasteiger charge is 2.28. The molecule has 2 aliphatic rings. The average Bonchev–Trinajstić information content (AvgIpc) is 3.40. The van der Waals surface area contributed by atoms with Crippen LogP contribution in [-0.4, -0.2) is 50.8 Å². The van der Waals surface area contributed by atoms with Crippen molar-refractivity contribution < 1.29 is 9.59 Å². The number of likely N-dealkylation sites (tertiary alicyclic amines) is 1. The second kappa shape index (κ2) is 6.46. The molecule has 1 atom stereocenters. The predicted octanol–water partition coefficient (Wildman–Crippen LogP) is 1.97. The van der Waals surface area contributed by atoms with Gasteiger partial charge in [-0.2, -0.15) is 0 Å². The number of hydrogen-bond donors (Lipinski definition) is 2. The van der Waals surface area contributed by atoms with Crippen molar-refractivity contribution >= 4 is 23.0 Å². The van der Waals surface area contributed by atoms with E-state index in [1.807, 2.05) is 4.90 Å². The number of carbonyl (C=O) groups excluding carboxylic acids is 2. The third-order valence-corrected chi connectivity index (χ3v) is 5.03. The van der Waals surface area contributed by atoms with Crippen LogP contribution in [0.2, 0.25) is 0 Å². The van der Waals surface area contributed by atoms with E-state index in [4.69, 9.17) is 0 Å². The Bertz CT molecular complexity index is 805. The number of piperidine rings is 1. The molecule has 4 rings (SSSR count). The fourth-order valence-corrected chi connectivity index (χ4v) is 3.38. The van der Waals surface area contributed by atoms with Crippen molar-refractivity contribution in [3.05, 3.63) is 23.7 Å². The Morgan fingerprint density at radius 2 is 2.04 bits per heavy atom. The van der Waals surface area contributed by atoms with Gasteiger partial charge in [0, 0.05) is 25.2 Å². The molecule has 2 aromatic heterocycles. The maximum absolute atomic E-state index is 12.6. The molecule has 2 N–H and O–H groups in total. The summed E-state index contributed by atoms with van der Waals surface area (Å²) in [6.45, 7) is 3.30. The average molecular weight is 341 g/mol. The van der Waals surface area contributed by atoms with Crippen LogP contribution >= 0.6 is 0 Å². The van der Waals surface area contributed by atoms with Crippen LogP contribution in [0.4, 0.5) is 0 Å². The molecule has 3 heterocycles.